The standard InChI is InChI=1S/C26H30N8O6/c35-22(15-31-24(37)18-6-4-9-28-13-18)33-21(11-19-14-29-16-32-19)25(38)34-20(26(39)40)7-1-2-10-30-23(36)17-5-3-8-27-12-17/h3-6,8-9,12-14,16,20-21H,1-2,7,10-11,15H2,(H,29,32)(H,30,36)(H,31,37)(H,33,35)(H,34,38)(H,39,40)/t20-,21-/m0/s1. The number of nitrogens with one attached hydrogen (secondary N) is 5. The van der Waals surface area contributed by atoms with E-state index < -0.39 is 42.3 Å². The Balaban J connectivity index is 1.50. The molecule has 4 amide bonds. The van der Waals surface area contributed by atoms with Gasteiger partial charge >= 0.3 is 5.97 Å². The van der Waals surface area contributed by atoms with E-state index in [4.69, 9.17) is 0 Å². The fraction of sp³-hybridized carbons (Fsp3) is 0.308. The van der Waals surface area contributed by atoms with Gasteiger partial charge < -0.3 is 31.4 Å². The Morgan fingerprint density at radius 3 is 2.08 bits per heavy atom. The molecule has 14 nitrogen and oxygen atoms in total. The third kappa shape index (κ3) is 9.63. The number of nitrogens with zero attached hydrogens (tertiary/aromatic N) is 3. The predicted molar refractivity (Wildman–Crippen MR) is 141 cm³/mol. The fourth-order valence-electron chi connectivity index (χ4n) is 3.63. The van der Waals surface area contributed by atoms with Gasteiger partial charge in [0.15, 0.2) is 0 Å². The molecule has 0 radical (unpaired) electrons. The first-order chi connectivity index (χ1) is 19.3. The average molecular weight is 551 g/mol. The lowest BCUT2D eigenvalue weighted by atomic mass is 10.1. The lowest BCUT2D eigenvalue weighted by Gasteiger charge is -2.21. The first-order valence-corrected chi connectivity index (χ1v) is 12.5. The molecule has 3 aromatic rings. The molecule has 0 bridgehead atoms. The lowest BCUT2D eigenvalue weighted by molar-refractivity contribution is -0.142. The molecule has 0 aliphatic heterocycles. The van der Waals surface area contributed by atoms with Crippen molar-refractivity contribution in [1.82, 2.24) is 41.2 Å². The van der Waals surface area contributed by atoms with Crippen molar-refractivity contribution in [1.29, 1.82) is 0 Å². The molecule has 0 aromatic carbocycles. The van der Waals surface area contributed by atoms with E-state index in [1.54, 1.807) is 24.4 Å². The highest BCUT2D eigenvalue weighted by Gasteiger charge is 2.27. The summed E-state index contributed by atoms with van der Waals surface area (Å²) in [5.74, 6) is -3.39. The number of carboxylic acids is 1. The summed E-state index contributed by atoms with van der Waals surface area (Å²) in [5, 5.41) is 19.8. The number of carboxylic acid groups (broad SMARTS) is 1. The molecule has 0 saturated carbocycles. The largest absolute Gasteiger partial charge is 0.480 e. The molecule has 2 atom stereocenters. The zero-order valence-corrected chi connectivity index (χ0v) is 21.5. The van der Waals surface area contributed by atoms with Crippen molar-refractivity contribution in [2.75, 3.05) is 13.1 Å². The molecule has 0 fully saturated rings. The van der Waals surface area contributed by atoms with Crippen LogP contribution in [-0.2, 0) is 20.8 Å². The number of carbonyl (C=O) groups excluding carboxylic acids is 4. The minimum atomic E-state index is -1.23. The Hall–Kier alpha value is -5.14. The summed E-state index contributed by atoms with van der Waals surface area (Å²) in [7, 11) is 0. The summed E-state index contributed by atoms with van der Waals surface area (Å²) in [5.41, 5.74) is 1.22. The Bertz CT molecular complexity index is 1270. The van der Waals surface area contributed by atoms with Gasteiger partial charge in [-0.1, -0.05) is 0 Å². The molecule has 0 unspecified atom stereocenters. The number of hydrogen-bond acceptors (Lipinski definition) is 8. The number of amides is 4. The Morgan fingerprint density at radius 1 is 0.825 bits per heavy atom. The normalized spacial score (nSPS) is 12.0. The van der Waals surface area contributed by atoms with Crippen LogP contribution in [0.2, 0.25) is 0 Å². The highest BCUT2D eigenvalue weighted by Crippen LogP contribution is 2.05. The Morgan fingerprint density at radius 2 is 1.50 bits per heavy atom. The molecule has 3 rings (SSSR count). The third-order valence-corrected chi connectivity index (χ3v) is 5.71. The van der Waals surface area contributed by atoms with Crippen molar-refractivity contribution >= 4 is 29.6 Å². The number of aromatic nitrogens is 4. The van der Waals surface area contributed by atoms with Gasteiger partial charge in [-0.2, -0.15) is 0 Å². The summed E-state index contributed by atoms with van der Waals surface area (Å²) >= 11 is 0. The topological polar surface area (TPSA) is 208 Å². The molecule has 14 heteroatoms. The number of unbranched alkanes of at least 4 members (excludes halogenated alkanes) is 1. The van der Waals surface area contributed by atoms with Gasteiger partial charge in [0, 0.05) is 49.6 Å². The van der Waals surface area contributed by atoms with Crippen molar-refractivity contribution in [2.45, 2.75) is 37.8 Å². The molecular weight excluding hydrogens is 520 g/mol. The Labute approximate surface area is 229 Å². The SMILES string of the molecule is O=C(CNC(=O)c1cccnc1)N[C@@H](Cc1cnc[nH]1)C(=O)N[C@@H](CCCCNC(=O)c1cccnc1)C(=O)O. The maximum absolute atomic E-state index is 13.0. The van der Waals surface area contributed by atoms with E-state index in [1.165, 1.54) is 37.2 Å². The van der Waals surface area contributed by atoms with Crippen LogP contribution < -0.4 is 21.3 Å². The lowest BCUT2D eigenvalue weighted by Crippen LogP contribution is -2.54. The third-order valence-electron chi connectivity index (χ3n) is 5.71. The second-order valence-electron chi connectivity index (χ2n) is 8.72. The van der Waals surface area contributed by atoms with E-state index in [0.717, 1.165) is 0 Å². The van der Waals surface area contributed by atoms with E-state index in [1.807, 2.05) is 0 Å². The van der Waals surface area contributed by atoms with Crippen molar-refractivity contribution in [3.63, 3.8) is 0 Å². The number of aliphatic carboxylic acids is 1. The van der Waals surface area contributed by atoms with Crippen LogP contribution in [-0.4, -0.2) is 79.8 Å². The van der Waals surface area contributed by atoms with Crippen LogP contribution >= 0.6 is 0 Å². The molecule has 210 valence electrons. The minimum absolute atomic E-state index is 0.0147. The molecule has 3 heterocycles. The maximum Gasteiger partial charge on any atom is 0.326 e. The number of hydrogen-bond donors (Lipinski definition) is 6. The second-order valence-corrected chi connectivity index (χ2v) is 8.72. The molecule has 0 aliphatic rings. The number of rotatable bonds is 15. The number of pyridine rings is 2. The summed E-state index contributed by atoms with van der Waals surface area (Å²) in [4.78, 5) is 76.1. The van der Waals surface area contributed by atoms with E-state index in [-0.39, 0.29) is 24.3 Å². The number of H-pyrrole nitrogens is 1. The van der Waals surface area contributed by atoms with Gasteiger partial charge in [-0.3, -0.25) is 29.1 Å². The summed E-state index contributed by atoms with van der Waals surface area (Å²) in [6, 6.07) is 4.05. The molecule has 6 N–H and O–H groups in total. The number of carbonyl (C=O) groups is 5. The van der Waals surface area contributed by atoms with Crippen molar-refractivity contribution in [3.8, 4) is 0 Å². The van der Waals surface area contributed by atoms with Crippen molar-refractivity contribution in [2.24, 2.45) is 0 Å². The fourth-order valence-corrected chi connectivity index (χ4v) is 3.63. The smallest absolute Gasteiger partial charge is 0.326 e. The van der Waals surface area contributed by atoms with E-state index in [0.29, 0.717) is 30.6 Å². The second kappa shape index (κ2) is 15.3. The molecule has 0 saturated heterocycles. The van der Waals surface area contributed by atoms with Gasteiger partial charge in [-0.15, -0.1) is 0 Å². The molecule has 0 spiro atoms. The average Bonchev–Trinajstić information content (AvgIpc) is 3.48. The quantitative estimate of drug-likeness (QED) is 0.139. The van der Waals surface area contributed by atoms with Gasteiger partial charge in [0.25, 0.3) is 11.8 Å². The van der Waals surface area contributed by atoms with Gasteiger partial charge in [-0.05, 0) is 43.5 Å². The van der Waals surface area contributed by atoms with Crippen LogP contribution in [0.1, 0.15) is 45.7 Å². The molecule has 0 aliphatic carbocycles. The van der Waals surface area contributed by atoms with Crippen LogP contribution in [0.5, 0.6) is 0 Å². The summed E-state index contributed by atoms with van der Waals surface area (Å²) in [6.07, 6.45) is 9.76. The van der Waals surface area contributed by atoms with Gasteiger partial charge in [0.2, 0.25) is 11.8 Å². The summed E-state index contributed by atoms with van der Waals surface area (Å²) in [6.45, 7) is -0.0924. The van der Waals surface area contributed by atoms with Crippen LogP contribution in [0.15, 0.2) is 61.6 Å². The van der Waals surface area contributed by atoms with Crippen LogP contribution in [0.25, 0.3) is 0 Å². The van der Waals surface area contributed by atoms with Gasteiger partial charge in [0.1, 0.15) is 12.1 Å². The monoisotopic (exact) mass is 550 g/mol. The highest BCUT2D eigenvalue weighted by atomic mass is 16.4. The zero-order chi connectivity index (χ0) is 28.7. The van der Waals surface area contributed by atoms with Crippen molar-refractivity contribution in [3.05, 3.63) is 78.4 Å². The predicted octanol–water partition coefficient (Wildman–Crippen LogP) is -0.173. The van der Waals surface area contributed by atoms with Crippen LogP contribution in [0.4, 0.5) is 0 Å². The number of imidazole rings is 1. The maximum atomic E-state index is 13.0. The van der Waals surface area contributed by atoms with E-state index in [9.17, 15) is 29.1 Å². The Kier molecular flexibility index (Phi) is 11.3. The van der Waals surface area contributed by atoms with E-state index >= 15 is 0 Å². The van der Waals surface area contributed by atoms with Crippen LogP contribution in [0, 0.1) is 0 Å². The minimum Gasteiger partial charge on any atom is -0.480 e. The van der Waals surface area contributed by atoms with Crippen molar-refractivity contribution < 1.29 is 29.1 Å². The van der Waals surface area contributed by atoms with E-state index in [2.05, 4.69) is 41.2 Å². The van der Waals surface area contributed by atoms with Gasteiger partial charge in [-0.25, -0.2) is 9.78 Å². The molecular formula is C26H30N8O6. The van der Waals surface area contributed by atoms with Gasteiger partial charge in [0.05, 0.1) is 24.0 Å². The summed E-state index contributed by atoms with van der Waals surface area (Å²) < 4.78 is 0. The first kappa shape index (κ1) is 29.4. The van der Waals surface area contributed by atoms with Crippen LogP contribution in [0.3, 0.4) is 0 Å². The highest BCUT2D eigenvalue weighted by molar-refractivity contribution is 5.97. The zero-order valence-electron chi connectivity index (χ0n) is 21.5. The molecule has 40 heavy (non-hydrogen) atoms. The molecule has 3 aromatic heterocycles. The number of aromatic amines is 1. The first-order valence-electron chi connectivity index (χ1n) is 12.5.